The van der Waals surface area contributed by atoms with Crippen LogP contribution in [0, 0.1) is 5.92 Å². The lowest BCUT2D eigenvalue weighted by Gasteiger charge is -2.18. The maximum Gasteiger partial charge on any atom is 0.223 e. The van der Waals surface area contributed by atoms with Gasteiger partial charge in [-0.15, -0.1) is 0 Å². The zero-order valence-electron chi connectivity index (χ0n) is 15.0. The number of carboxylic acid groups (broad SMARTS) is 1. The summed E-state index contributed by atoms with van der Waals surface area (Å²) in [7, 11) is 1.58. The predicted octanol–water partition coefficient (Wildman–Crippen LogP) is 1.75. The number of amides is 1. The van der Waals surface area contributed by atoms with Crippen LogP contribution >= 0.6 is 0 Å². The number of methoxy groups -OCH3 is 1. The van der Waals surface area contributed by atoms with Gasteiger partial charge in [0.05, 0.1) is 13.7 Å². The second-order valence-corrected chi connectivity index (χ2v) is 6.39. The van der Waals surface area contributed by atoms with Crippen LogP contribution in [-0.4, -0.2) is 37.0 Å². The average Bonchev–Trinajstić information content (AvgIpc) is 2.96. The Hall–Kier alpha value is -2.24. The molecule has 0 N–H and O–H groups in total. The number of carboxylic acids is 1. The molecule has 25 heavy (non-hydrogen) atoms. The molecule has 6 heteroatoms. The lowest BCUT2D eigenvalue weighted by atomic mass is 10.1. The number of rotatable bonds is 10. The molecule has 0 unspecified atom stereocenters. The quantitative estimate of drug-likeness (QED) is 0.602. The lowest BCUT2D eigenvalue weighted by Crippen LogP contribution is -2.33. The Morgan fingerprint density at radius 2 is 2.08 bits per heavy atom. The third kappa shape index (κ3) is 5.37. The van der Waals surface area contributed by atoms with E-state index >= 15 is 0 Å². The van der Waals surface area contributed by atoms with Crippen molar-refractivity contribution in [1.29, 1.82) is 0 Å². The average molecular weight is 348 g/mol. The molecule has 0 bridgehead atoms. The van der Waals surface area contributed by atoms with Gasteiger partial charge in [0, 0.05) is 31.4 Å². The number of carbonyl (C=O) groups excluding carboxylic acids is 2. The smallest absolute Gasteiger partial charge is 0.223 e. The Morgan fingerprint density at radius 1 is 1.28 bits per heavy atom. The normalized spacial score (nSPS) is 17.0. The van der Waals surface area contributed by atoms with Crippen LogP contribution in [0.5, 0.6) is 11.5 Å². The van der Waals surface area contributed by atoms with Gasteiger partial charge < -0.3 is 24.3 Å². The van der Waals surface area contributed by atoms with E-state index in [0.29, 0.717) is 24.7 Å². The van der Waals surface area contributed by atoms with Crippen LogP contribution < -0.4 is 14.6 Å². The van der Waals surface area contributed by atoms with Crippen LogP contribution in [0.4, 0.5) is 0 Å². The van der Waals surface area contributed by atoms with Gasteiger partial charge in [-0.25, -0.2) is 0 Å². The predicted molar refractivity (Wildman–Crippen MR) is 91.2 cm³/mol. The van der Waals surface area contributed by atoms with E-state index in [1.165, 1.54) is 12.8 Å². The van der Waals surface area contributed by atoms with Gasteiger partial charge in [-0.3, -0.25) is 4.79 Å². The number of ether oxygens (including phenoxy) is 2. The Morgan fingerprint density at radius 3 is 2.72 bits per heavy atom. The second-order valence-electron chi connectivity index (χ2n) is 6.39. The van der Waals surface area contributed by atoms with Gasteiger partial charge in [-0.2, -0.15) is 0 Å². The van der Waals surface area contributed by atoms with E-state index in [1.54, 1.807) is 12.0 Å². The topological polar surface area (TPSA) is 78.9 Å². The minimum absolute atomic E-state index is 0.0123. The summed E-state index contributed by atoms with van der Waals surface area (Å²) in [6, 6.07) is 5.55. The van der Waals surface area contributed by atoms with E-state index in [2.05, 4.69) is 6.92 Å². The molecule has 0 aromatic heterocycles. The highest BCUT2D eigenvalue weighted by Crippen LogP contribution is 2.30. The van der Waals surface area contributed by atoms with Crippen molar-refractivity contribution in [3.63, 3.8) is 0 Å². The van der Waals surface area contributed by atoms with E-state index in [9.17, 15) is 14.7 Å². The van der Waals surface area contributed by atoms with Gasteiger partial charge in [0.1, 0.15) is 0 Å². The molecule has 0 spiro atoms. The molecule has 1 aliphatic rings. The summed E-state index contributed by atoms with van der Waals surface area (Å²) in [5, 5.41) is 10.9. The summed E-state index contributed by atoms with van der Waals surface area (Å²) in [6.45, 7) is 3.37. The summed E-state index contributed by atoms with van der Waals surface area (Å²) < 4.78 is 11.2. The molecular weight excluding hydrogens is 322 g/mol. The summed E-state index contributed by atoms with van der Waals surface area (Å²) >= 11 is 0. The van der Waals surface area contributed by atoms with Gasteiger partial charge in [0.25, 0.3) is 0 Å². The fourth-order valence-corrected chi connectivity index (χ4v) is 2.94. The van der Waals surface area contributed by atoms with Crippen LogP contribution in [0.25, 0.3) is 0 Å². The van der Waals surface area contributed by atoms with E-state index in [1.807, 2.05) is 18.2 Å². The SMILES string of the molecule is CCCCCCOc1ccc(CN2C[C@@H](C(=O)[O-])CC2=O)cc1OC. The maximum atomic E-state index is 11.9. The van der Waals surface area contributed by atoms with Gasteiger partial charge in [0.2, 0.25) is 5.91 Å². The van der Waals surface area contributed by atoms with Crippen molar-refractivity contribution in [3.8, 4) is 11.5 Å². The van der Waals surface area contributed by atoms with Crippen molar-refractivity contribution in [2.75, 3.05) is 20.3 Å². The molecule has 138 valence electrons. The molecule has 1 aromatic rings. The van der Waals surface area contributed by atoms with Crippen molar-refractivity contribution in [1.82, 2.24) is 4.90 Å². The van der Waals surface area contributed by atoms with Crippen molar-refractivity contribution >= 4 is 11.9 Å². The monoisotopic (exact) mass is 348 g/mol. The van der Waals surface area contributed by atoms with Gasteiger partial charge in [0.15, 0.2) is 11.5 Å². The number of hydrogen-bond acceptors (Lipinski definition) is 5. The first-order valence-electron chi connectivity index (χ1n) is 8.83. The summed E-state index contributed by atoms with van der Waals surface area (Å²) in [6.07, 6.45) is 4.56. The first-order chi connectivity index (χ1) is 12.0. The Balaban J connectivity index is 1.94. The van der Waals surface area contributed by atoms with E-state index in [-0.39, 0.29) is 18.9 Å². The first-order valence-corrected chi connectivity index (χ1v) is 8.83. The molecule has 1 fully saturated rings. The number of likely N-dealkylation sites (tertiary alicyclic amines) is 1. The summed E-state index contributed by atoms with van der Waals surface area (Å²) in [5.74, 6) is -0.746. The molecule has 1 atom stereocenters. The van der Waals surface area contributed by atoms with Crippen molar-refractivity contribution in [2.24, 2.45) is 5.92 Å². The standard InChI is InChI=1S/C19H27NO5/c1-3-4-5-6-9-25-16-8-7-14(10-17(16)24-2)12-20-13-15(19(22)23)11-18(20)21/h7-8,10,15H,3-6,9,11-13H2,1-2H3,(H,22,23)/p-1/t15-/m0/s1. The number of aliphatic carboxylic acids is 1. The van der Waals surface area contributed by atoms with Crippen LogP contribution in [0.2, 0.25) is 0 Å². The highest BCUT2D eigenvalue weighted by atomic mass is 16.5. The summed E-state index contributed by atoms with van der Waals surface area (Å²) in [5.41, 5.74) is 0.877. The Kier molecular flexibility index (Phi) is 7.10. The minimum atomic E-state index is -1.17. The lowest BCUT2D eigenvalue weighted by molar-refractivity contribution is -0.311. The van der Waals surface area contributed by atoms with Gasteiger partial charge in [-0.1, -0.05) is 32.3 Å². The van der Waals surface area contributed by atoms with Crippen LogP contribution in [-0.2, 0) is 16.1 Å². The molecule has 1 heterocycles. The fourth-order valence-electron chi connectivity index (χ4n) is 2.94. The van der Waals surface area contributed by atoms with E-state index in [0.717, 1.165) is 18.4 Å². The Labute approximate surface area is 148 Å². The van der Waals surface area contributed by atoms with Crippen molar-refractivity contribution in [3.05, 3.63) is 23.8 Å². The van der Waals surface area contributed by atoms with Crippen LogP contribution in [0.1, 0.15) is 44.6 Å². The maximum absolute atomic E-state index is 11.9. The molecule has 1 saturated heterocycles. The molecule has 0 saturated carbocycles. The van der Waals surface area contributed by atoms with Crippen molar-refractivity contribution in [2.45, 2.75) is 45.6 Å². The van der Waals surface area contributed by atoms with Gasteiger partial charge in [-0.05, 0) is 24.1 Å². The highest BCUT2D eigenvalue weighted by molar-refractivity contribution is 5.85. The highest BCUT2D eigenvalue weighted by Gasteiger charge is 2.30. The molecule has 2 rings (SSSR count). The van der Waals surface area contributed by atoms with E-state index in [4.69, 9.17) is 9.47 Å². The van der Waals surface area contributed by atoms with E-state index < -0.39 is 11.9 Å². The number of nitrogens with zero attached hydrogens (tertiary/aromatic N) is 1. The zero-order chi connectivity index (χ0) is 18.2. The number of hydrogen-bond donors (Lipinski definition) is 0. The molecule has 1 amide bonds. The number of benzene rings is 1. The largest absolute Gasteiger partial charge is 0.550 e. The number of carbonyl (C=O) groups is 2. The minimum Gasteiger partial charge on any atom is -0.550 e. The third-order valence-electron chi connectivity index (χ3n) is 4.40. The first kappa shape index (κ1) is 19.1. The third-order valence-corrected chi connectivity index (χ3v) is 4.40. The van der Waals surface area contributed by atoms with Crippen LogP contribution in [0.15, 0.2) is 18.2 Å². The molecule has 1 aliphatic heterocycles. The molecule has 1 aromatic carbocycles. The van der Waals surface area contributed by atoms with Crippen LogP contribution in [0.3, 0.4) is 0 Å². The molecule has 6 nitrogen and oxygen atoms in total. The molecular formula is C19H26NO5-. The fraction of sp³-hybridized carbons (Fsp3) is 0.579. The number of unbranched alkanes of at least 4 members (excludes halogenated alkanes) is 3. The molecule has 0 aliphatic carbocycles. The Bertz CT molecular complexity index is 601. The molecule has 0 radical (unpaired) electrons. The van der Waals surface area contributed by atoms with Crippen molar-refractivity contribution < 1.29 is 24.2 Å². The summed E-state index contributed by atoms with van der Waals surface area (Å²) in [4.78, 5) is 24.4. The second kappa shape index (κ2) is 9.30. The zero-order valence-corrected chi connectivity index (χ0v) is 15.0. The van der Waals surface area contributed by atoms with Gasteiger partial charge >= 0.3 is 0 Å².